The number of hydrogen-bond acceptors (Lipinski definition) is 5. The number of likely N-dealkylation sites (N-methyl/N-ethyl adjacent to an activating group) is 1. The fourth-order valence-corrected chi connectivity index (χ4v) is 2.94. The van der Waals surface area contributed by atoms with Crippen LogP contribution in [0.3, 0.4) is 0 Å². The molecule has 3 unspecified atom stereocenters. The van der Waals surface area contributed by atoms with Gasteiger partial charge in [0.15, 0.2) is 0 Å². The maximum atomic E-state index is 12.2. The van der Waals surface area contributed by atoms with Gasteiger partial charge >= 0.3 is 6.09 Å². The molecule has 1 amide bonds. The maximum absolute atomic E-state index is 12.2. The van der Waals surface area contributed by atoms with Gasteiger partial charge in [0, 0.05) is 33.6 Å². The molecule has 0 N–H and O–H groups in total. The zero-order valence-electron chi connectivity index (χ0n) is 13.7. The van der Waals surface area contributed by atoms with Crippen molar-refractivity contribution in [3.63, 3.8) is 0 Å². The first kappa shape index (κ1) is 16.5. The number of methoxy groups -OCH3 is 1. The van der Waals surface area contributed by atoms with Crippen LogP contribution in [0.2, 0.25) is 0 Å². The zero-order chi connectivity index (χ0) is 15.7. The van der Waals surface area contributed by atoms with Gasteiger partial charge in [0.25, 0.3) is 0 Å². The topological polar surface area (TPSA) is 57.2 Å². The van der Waals surface area contributed by atoms with Gasteiger partial charge in [0.05, 0.1) is 19.3 Å². The average molecular weight is 301 g/mol. The van der Waals surface area contributed by atoms with Crippen LogP contribution in [-0.4, -0.2) is 68.3 Å². The van der Waals surface area contributed by atoms with Gasteiger partial charge in [0.1, 0.15) is 17.3 Å². The van der Waals surface area contributed by atoms with E-state index in [1.807, 2.05) is 20.8 Å². The highest BCUT2D eigenvalue weighted by Crippen LogP contribution is 2.38. The van der Waals surface area contributed by atoms with E-state index in [1.165, 1.54) is 0 Å². The van der Waals surface area contributed by atoms with E-state index in [2.05, 4.69) is 0 Å². The Bertz CT molecular complexity index is 381. The van der Waals surface area contributed by atoms with Gasteiger partial charge in [-0.05, 0) is 20.8 Å². The number of ether oxygens (including phenoxy) is 4. The molecule has 2 fully saturated rings. The second-order valence-electron chi connectivity index (χ2n) is 6.87. The zero-order valence-corrected chi connectivity index (χ0v) is 13.7. The molecule has 1 spiro atoms. The van der Waals surface area contributed by atoms with Crippen LogP contribution in [0.25, 0.3) is 0 Å². The van der Waals surface area contributed by atoms with Crippen molar-refractivity contribution in [3.05, 3.63) is 0 Å². The minimum Gasteiger partial charge on any atom is -0.444 e. The summed E-state index contributed by atoms with van der Waals surface area (Å²) in [5.74, 6) is 0. The normalized spacial score (nSPS) is 33.2. The minimum atomic E-state index is -0.490. The molecule has 0 aromatic heterocycles. The van der Waals surface area contributed by atoms with Gasteiger partial charge < -0.3 is 23.8 Å². The molecule has 2 heterocycles. The number of hydrogen-bond donors (Lipinski definition) is 0. The monoisotopic (exact) mass is 301 g/mol. The third-order valence-corrected chi connectivity index (χ3v) is 4.18. The van der Waals surface area contributed by atoms with E-state index in [4.69, 9.17) is 18.9 Å². The van der Waals surface area contributed by atoms with Crippen LogP contribution in [0.15, 0.2) is 0 Å². The number of rotatable bonds is 2. The van der Waals surface area contributed by atoms with E-state index >= 15 is 0 Å². The standard InChI is InChI=1S/C15H27NO5/c1-14(2,3)21-13(17)16(4)11-8-15(20-9-11)6-7-19-10-12(15)18-5/h11-12H,6-10H2,1-5H3. The van der Waals surface area contributed by atoms with Crippen molar-refractivity contribution in [1.82, 2.24) is 4.90 Å². The predicted molar refractivity (Wildman–Crippen MR) is 77.3 cm³/mol. The molecule has 0 radical (unpaired) electrons. The van der Waals surface area contributed by atoms with Crippen LogP contribution in [-0.2, 0) is 18.9 Å². The Morgan fingerprint density at radius 2 is 2.05 bits per heavy atom. The fourth-order valence-electron chi connectivity index (χ4n) is 2.94. The Hall–Kier alpha value is -0.850. The predicted octanol–water partition coefficient (Wildman–Crippen LogP) is 1.82. The van der Waals surface area contributed by atoms with Crippen molar-refractivity contribution in [1.29, 1.82) is 0 Å². The van der Waals surface area contributed by atoms with Gasteiger partial charge in [0.2, 0.25) is 0 Å². The van der Waals surface area contributed by atoms with Crippen molar-refractivity contribution in [3.8, 4) is 0 Å². The van der Waals surface area contributed by atoms with Gasteiger partial charge in [-0.2, -0.15) is 0 Å². The molecule has 2 aliphatic rings. The molecule has 122 valence electrons. The van der Waals surface area contributed by atoms with Crippen molar-refractivity contribution < 1.29 is 23.7 Å². The first-order chi connectivity index (χ1) is 9.77. The third-order valence-electron chi connectivity index (χ3n) is 4.18. The lowest BCUT2D eigenvalue weighted by Gasteiger charge is -2.39. The molecule has 6 nitrogen and oxygen atoms in total. The summed E-state index contributed by atoms with van der Waals surface area (Å²) in [6.45, 7) is 7.32. The van der Waals surface area contributed by atoms with Gasteiger partial charge in [-0.1, -0.05) is 0 Å². The number of nitrogens with zero attached hydrogens (tertiary/aromatic N) is 1. The average Bonchev–Trinajstić information content (AvgIpc) is 2.81. The van der Waals surface area contributed by atoms with E-state index in [0.29, 0.717) is 19.8 Å². The molecule has 2 saturated heterocycles. The Labute approximate surface area is 126 Å². The van der Waals surface area contributed by atoms with Crippen LogP contribution >= 0.6 is 0 Å². The van der Waals surface area contributed by atoms with E-state index in [0.717, 1.165) is 12.8 Å². The smallest absolute Gasteiger partial charge is 0.410 e. The van der Waals surface area contributed by atoms with Crippen molar-refractivity contribution in [2.75, 3.05) is 34.0 Å². The van der Waals surface area contributed by atoms with Gasteiger partial charge in [-0.3, -0.25) is 0 Å². The van der Waals surface area contributed by atoms with Crippen LogP contribution in [0.4, 0.5) is 4.79 Å². The molecule has 0 aromatic carbocycles. The van der Waals surface area contributed by atoms with Crippen molar-refractivity contribution >= 4 is 6.09 Å². The largest absolute Gasteiger partial charge is 0.444 e. The molecule has 2 rings (SSSR count). The summed E-state index contributed by atoms with van der Waals surface area (Å²) < 4.78 is 22.4. The summed E-state index contributed by atoms with van der Waals surface area (Å²) in [4.78, 5) is 13.8. The Kier molecular flexibility index (Phi) is 4.80. The molecule has 6 heteroatoms. The van der Waals surface area contributed by atoms with Crippen LogP contribution in [0.5, 0.6) is 0 Å². The van der Waals surface area contributed by atoms with Crippen LogP contribution in [0.1, 0.15) is 33.6 Å². The Balaban J connectivity index is 1.99. The van der Waals surface area contributed by atoms with Gasteiger partial charge in [-0.25, -0.2) is 4.79 Å². The summed E-state index contributed by atoms with van der Waals surface area (Å²) in [6, 6.07) is 0.00981. The molecule has 0 aromatic rings. The highest BCUT2D eigenvalue weighted by Gasteiger charge is 2.50. The summed E-state index contributed by atoms with van der Waals surface area (Å²) in [7, 11) is 3.44. The highest BCUT2D eigenvalue weighted by molar-refractivity contribution is 5.68. The summed E-state index contributed by atoms with van der Waals surface area (Å²) in [5, 5.41) is 0. The molecule has 2 aliphatic heterocycles. The second kappa shape index (κ2) is 6.10. The fraction of sp³-hybridized carbons (Fsp3) is 0.933. The lowest BCUT2D eigenvalue weighted by atomic mass is 9.87. The molecular weight excluding hydrogens is 274 g/mol. The number of carbonyl (C=O) groups is 1. The lowest BCUT2D eigenvalue weighted by molar-refractivity contribution is -0.170. The molecule has 21 heavy (non-hydrogen) atoms. The van der Waals surface area contributed by atoms with E-state index in [-0.39, 0.29) is 23.8 Å². The van der Waals surface area contributed by atoms with E-state index in [1.54, 1.807) is 19.1 Å². The minimum absolute atomic E-state index is 0.00981. The van der Waals surface area contributed by atoms with E-state index in [9.17, 15) is 4.79 Å². The summed E-state index contributed by atoms with van der Waals surface area (Å²) in [5.41, 5.74) is -0.829. The quantitative estimate of drug-likeness (QED) is 0.778. The SMILES string of the molecule is COC1COCCC12CC(N(C)C(=O)OC(C)(C)C)CO2. The molecule has 0 bridgehead atoms. The highest BCUT2D eigenvalue weighted by atomic mass is 16.6. The molecule has 0 aliphatic carbocycles. The van der Waals surface area contributed by atoms with Crippen molar-refractivity contribution in [2.24, 2.45) is 0 Å². The number of carbonyl (C=O) groups excluding carboxylic acids is 1. The number of amides is 1. The summed E-state index contributed by atoms with van der Waals surface area (Å²) in [6.07, 6.45) is 1.16. The first-order valence-electron chi connectivity index (χ1n) is 7.48. The lowest BCUT2D eigenvalue weighted by Crippen LogP contribution is -2.51. The Morgan fingerprint density at radius 3 is 2.67 bits per heavy atom. The maximum Gasteiger partial charge on any atom is 0.410 e. The van der Waals surface area contributed by atoms with Crippen LogP contribution in [0, 0.1) is 0 Å². The van der Waals surface area contributed by atoms with Gasteiger partial charge in [-0.15, -0.1) is 0 Å². The molecular formula is C15H27NO5. The second-order valence-corrected chi connectivity index (χ2v) is 6.87. The third kappa shape index (κ3) is 3.67. The van der Waals surface area contributed by atoms with Crippen molar-refractivity contribution in [2.45, 2.75) is 57.0 Å². The summed E-state index contributed by atoms with van der Waals surface area (Å²) >= 11 is 0. The Morgan fingerprint density at radius 1 is 1.33 bits per heavy atom. The first-order valence-corrected chi connectivity index (χ1v) is 7.48. The van der Waals surface area contributed by atoms with Crippen LogP contribution < -0.4 is 0 Å². The van der Waals surface area contributed by atoms with E-state index < -0.39 is 5.60 Å². The molecule has 3 atom stereocenters. The molecule has 0 saturated carbocycles.